The molecule has 0 aromatic carbocycles. The van der Waals surface area contributed by atoms with Crippen LogP contribution in [0.25, 0.3) is 0 Å². The van der Waals surface area contributed by atoms with Gasteiger partial charge in [-0.2, -0.15) is 0 Å². The van der Waals surface area contributed by atoms with Gasteiger partial charge in [-0.25, -0.2) is 16.8 Å². The summed E-state index contributed by atoms with van der Waals surface area (Å²) < 4.78 is 75.2. The summed E-state index contributed by atoms with van der Waals surface area (Å²) in [5.74, 6) is 0.0304. The van der Waals surface area contributed by atoms with Crippen LogP contribution in [0.15, 0.2) is 24.3 Å². The van der Waals surface area contributed by atoms with Crippen LogP contribution in [0.2, 0.25) is 0 Å². The molecule has 540 valence electrons. The molecule has 11 heteroatoms. The minimum atomic E-state index is -4.63. The minimum absolute atomic E-state index is 0. The van der Waals surface area contributed by atoms with Gasteiger partial charge in [0.15, 0.2) is 0 Å². The van der Waals surface area contributed by atoms with Crippen LogP contribution in [0.4, 0.5) is 0 Å². The van der Waals surface area contributed by atoms with Crippen molar-refractivity contribution in [3.8, 4) is 0 Å². The quantitative estimate of drug-likeness (QED) is 0.0193. The van der Waals surface area contributed by atoms with Gasteiger partial charge in [0, 0.05) is 11.8 Å². The van der Waals surface area contributed by atoms with E-state index in [1.54, 1.807) is 0 Å². The van der Waals surface area contributed by atoms with E-state index in [4.69, 9.17) is 0 Å². The van der Waals surface area contributed by atoms with Crippen molar-refractivity contribution >= 4 is 58.5 Å². The van der Waals surface area contributed by atoms with E-state index >= 15 is 0 Å². The molecule has 0 fully saturated rings. The first-order valence-corrected chi connectivity index (χ1v) is 43.2. The Morgan fingerprint density at radius 1 is 0.242 bits per heavy atom. The Morgan fingerprint density at radius 2 is 0.385 bits per heavy atom. The first-order valence-electron chi connectivity index (χ1n) is 40.5. The molecule has 0 radical (unpaired) electrons. The molecule has 0 spiro atoms. The molecule has 0 aromatic heterocycles. The number of hydrogen-bond acceptors (Lipinski definition) is 8. The van der Waals surface area contributed by atoms with Crippen molar-refractivity contribution < 1.29 is 34.3 Å². The zero-order valence-electron chi connectivity index (χ0n) is 61.8. The number of unbranched alkanes of at least 4 members (excludes halogenated alkanes) is 62. The van der Waals surface area contributed by atoms with Gasteiger partial charge in [-0.05, 0) is 38.5 Å². The second-order valence-corrected chi connectivity index (χ2v) is 30.2. The van der Waals surface area contributed by atoms with E-state index in [1.165, 1.54) is 398 Å². The van der Waals surface area contributed by atoms with E-state index in [0.29, 0.717) is 0 Å². The molecule has 0 aliphatic heterocycles. The maximum atomic E-state index is 11.0. The third-order valence-corrected chi connectivity index (χ3v) is 19.8. The average Bonchev–Trinajstić information content (AvgIpc) is 3.61. The predicted octanol–water partition coefficient (Wildman–Crippen LogP) is 27.5. The van der Waals surface area contributed by atoms with Crippen LogP contribution in [0.3, 0.4) is 0 Å². The van der Waals surface area contributed by atoms with E-state index < -0.39 is 20.8 Å². The van der Waals surface area contributed by atoms with Crippen LogP contribution >= 0.6 is 0 Å². The second-order valence-electron chi connectivity index (χ2n) is 28.1. The van der Waals surface area contributed by atoms with Gasteiger partial charge >= 0.3 is 37.7 Å². The van der Waals surface area contributed by atoms with Crippen molar-refractivity contribution in [2.45, 2.75) is 464 Å². The third kappa shape index (κ3) is 90.5. The van der Waals surface area contributed by atoms with Gasteiger partial charge < -0.3 is 9.11 Å². The maximum Gasteiger partial charge on any atom is 2.00 e. The van der Waals surface area contributed by atoms with Crippen molar-refractivity contribution in [3.05, 3.63) is 24.3 Å². The van der Waals surface area contributed by atoms with Gasteiger partial charge in [0.05, 0.1) is 13.2 Å². The zero-order valence-corrected chi connectivity index (χ0v) is 65.6. The zero-order chi connectivity index (χ0) is 65.9. The molecule has 0 aliphatic carbocycles. The fourth-order valence-electron chi connectivity index (χ4n) is 12.9. The Hall–Kier alpha value is 0.480. The van der Waals surface area contributed by atoms with E-state index in [-0.39, 0.29) is 62.8 Å². The molecule has 0 saturated heterocycles. The smallest absolute Gasteiger partial charge is 0.726 e. The Labute approximate surface area is 601 Å². The molecule has 0 N–H and O–H groups in total. The summed E-state index contributed by atoms with van der Waals surface area (Å²) in [5, 5.41) is 0. The Balaban J connectivity index is -0.00000168. The van der Waals surface area contributed by atoms with Crippen LogP contribution < -0.4 is 0 Å². The normalized spacial score (nSPS) is 12.7. The summed E-state index contributed by atoms with van der Waals surface area (Å²) in [5.41, 5.74) is 0. The first-order chi connectivity index (χ1) is 44.0. The van der Waals surface area contributed by atoms with Crippen molar-refractivity contribution in [1.82, 2.24) is 0 Å². The molecular weight excluding hydrogens is 1190 g/mol. The number of allylic oxidation sites excluding steroid dienone is 2. The summed E-state index contributed by atoms with van der Waals surface area (Å²) in [6.07, 6.45) is 99.4. The molecule has 0 aromatic rings. The van der Waals surface area contributed by atoms with Crippen LogP contribution in [-0.4, -0.2) is 76.9 Å². The Kier molecular flexibility index (Phi) is 85.3. The van der Waals surface area contributed by atoms with Crippen molar-refractivity contribution in [2.24, 2.45) is 11.8 Å². The van der Waals surface area contributed by atoms with Crippen molar-refractivity contribution in [1.29, 1.82) is 0 Å². The summed E-state index contributed by atoms with van der Waals surface area (Å²) in [6, 6.07) is 0. The summed E-state index contributed by atoms with van der Waals surface area (Å²) in [4.78, 5) is 0. The summed E-state index contributed by atoms with van der Waals surface area (Å²) >= 11 is 0. The van der Waals surface area contributed by atoms with Crippen LogP contribution in [0, 0.1) is 11.8 Å². The summed E-state index contributed by atoms with van der Waals surface area (Å²) in [7, 11) is -9.25. The van der Waals surface area contributed by atoms with E-state index in [0.717, 1.165) is 38.5 Å². The molecule has 0 rings (SSSR count). The van der Waals surface area contributed by atoms with Gasteiger partial charge in [0.25, 0.3) is 0 Å². The van der Waals surface area contributed by atoms with Gasteiger partial charge in [0.2, 0.25) is 20.8 Å². The van der Waals surface area contributed by atoms with Gasteiger partial charge in [0.1, 0.15) is 0 Å². The van der Waals surface area contributed by atoms with Gasteiger partial charge in [-0.1, -0.05) is 450 Å². The molecule has 8 nitrogen and oxygen atoms in total. The van der Waals surface area contributed by atoms with E-state index in [9.17, 15) is 25.9 Å². The van der Waals surface area contributed by atoms with E-state index in [1.807, 2.05) is 0 Å². The molecule has 0 saturated carbocycles. The van der Waals surface area contributed by atoms with Crippen LogP contribution in [0.5, 0.6) is 0 Å². The number of hydrogen-bond donors (Lipinski definition) is 0. The molecule has 91 heavy (non-hydrogen) atoms. The van der Waals surface area contributed by atoms with E-state index in [2.05, 4.69) is 60.4 Å². The van der Waals surface area contributed by atoms with Crippen LogP contribution in [-0.2, 0) is 29.2 Å². The van der Waals surface area contributed by atoms with Crippen molar-refractivity contribution in [2.75, 3.05) is 13.2 Å². The second kappa shape index (κ2) is 81.2. The van der Waals surface area contributed by atoms with Gasteiger partial charge in [-0.3, -0.25) is 8.37 Å². The topological polar surface area (TPSA) is 133 Å². The average molecular weight is 1350 g/mol. The van der Waals surface area contributed by atoms with Gasteiger partial charge in [-0.15, -0.1) is 0 Å². The standard InChI is InChI=1S/2C40H80O4S.Ca/c2*1-3-5-7-9-11-13-15-17-19-21-23-25-27-29-31-33-35-37-40(39-44-45(41,42)43)38-36-34-32-30-28-26-24-22-20-18-16-14-12-10-8-6-4-2;/h2*35,37,40H,3-34,36,38-39H2,1-2H3,(H,41,42,43);/q;;+2/p-2/b2*37-35+;. The SMILES string of the molecule is CCCCCCCCCCCCCCCCC/C=C/C(CCCCCCCCCCCCCCCCCCC)COS(=O)(=O)[O-].CCCCCCCCCCCCCCCCC/C=C/C(CCCCCCCCCCCCCCCCCCC)COS(=O)(=O)[O-].[Ca+2]. The maximum absolute atomic E-state index is 11.0. The summed E-state index contributed by atoms with van der Waals surface area (Å²) in [6.45, 7) is 9.10. The Morgan fingerprint density at radius 3 is 0.538 bits per heavy atom. The minimum Gasteiger partial charge on any atom is -0.726 e. The molecule has 0 bridgehead atoms. The Bertz CT molecular complexity index is 1510. The third-order valence-electron chi connectivity index (χ3n) is 19.0. The van der Waals surface area contributed by atoms with Crippen LogP contribution in [0.1, 0.15) is 464 Å². The fraction of sp³-hybridized carbons (Fsp3) is 0.950. The molecule has 2 atom stereocenters. The fourth-order valence-corrected chi connectivity index (χ4v) is 13.6. The number of rotatable bonds is 76. The molecule has 0 amide bonds. The molecule has 0 aliphatic rings. The van der Waals surface area contributed by atoms with Crippen molar-refractivity contribution in [3.63, 3.8) is 0 Å². The molecular formula is C80H158CaO8S2. The largest absolute Gasteiger partial charge is 2.00 e. The first kappa shape index (κ1) is 95.7. The molecule has 0 heterocycles. The predicted molar refractivity (Wildman–Crippen MR) is 399 cm³/mol. The molecule has 2 unspecified atom stereocenters. The monoisotopic (exact) mass is 1350 g/mol.